The normalized spacial score (nSPS) is 17.3. The molecule has 136 valence electrons. The summed E-state index contributed by atoms with van der Waals surface area (Å²) in [7, 11) is 0. The molecule has 1 saturated heterocycles. The molecule has 8 heteroatoms. The molecule has 1 N–H and O–H groups in total. The Labute approximate surface area is 149 Å². The van der Waals surface area contributed by atoms with Gasteiger partial charge in [0, 0.05) is 29.8 Å². The molecule has 1 unspecified atom stereocenters. The van der Waals surface area contributed by atoms with E-state index in [0.29, 0.717) is 23.1 Å². The van der Waals surface area contributed by atoms with Crippen molar-refractivity contribution in [1.29, 1.82) is 0 Å². The van der Waals surface area contributed by atoms with Crippen LogP contribution in [-0.2, 0) is 11.3 Å². The molecule has 0 amide bonds. The summed E-state index contributed by atoms with van der Waals surface area (Å²) >= 11 is 0. The largest absolute Gasteiger partial charge is 0.376 e. The van der Waals surface area contributed by atoms with Gasteiger partial charge < -0.3 is 9.30 Å². The molecular weight excluding hydrogens is 334 g/mol. The van der Waals surface area contributed by atoms with Crippen LogP contribution < -0.4 is 11.1 Å². The summed E-state index contributed by atoms with van der Waals surface area (Å²) in [6.07, 6.45) is 1.95. The second kappa shape index (κ2) is 6.21. The first kappa shape index (κ1) is 16.7. The lowest BCUT2D eigenvalue weighted by atomic mass is 10.2. The minimum absolute atomic E-state index is 0.0211. The summed E-state index contributed by atoms with van der Waals surface area (Å²) in [5, 5.41) is 3.45. The van der Waals surface area contributed by atoms with E-state index in [1.807, 2.05) is 19.9 Å². The maximum absolute atomic E-state index is 13.0. The number of aryl methyl sites for hydroxylation is 3. The molecule has 0 aromatic carbocycles. The van der Waals surface area contributed by atoms with Gasteiger partial charge in [-0.05, 0) is 39.7 Å². The van der Waals surface area contributed by atoms with Gasteiger partial charge in [0.1, 0.15) is 0 Å². The van der Waals surface area contributed by atoms with Crippen LogP contribution in [0.3, 0.4) is 0 Å². The third kappa shape index (κ3) is 2.76. The van der Waals surface area contributed by atoms with Crippen LogP contribution in [0.5, 0.6) is 0 Å². The fraction of sp³-hybridized carbons (Fsp3) is 0.444. The Hall–Kier alpha value is -2.74. The predicted octanol–water partition coefficient (Wildman–Crippen LogP) is 1.37. The molecule has 1 aliphatic heterocycles. The van der Waals surface area contributed by atoms with Crippen LogP contribution in [0.2, 0.25) is 0 Å². The van der Waals surface area contributed by atoms with Gasteiger partial charge >= 0.3 is 0 Å². The number of rotatable bonds is 3. The van der Waals surface area contributed by atoms with Crippen molar-refractivity contribution in [3.05, 3.63) is 49.9 Å². The summed E-state index contributed by atoms with van der Waals surface area (Å²) < 4.78 is 8.56. The van der Waals surface area contributed by atoms with Crippen molar-refractivity contribution < 1.29 is 4.74 Å². The van der Waals surface area contributed by atoms with Gasteiger partial charge in [0.25, 0.3) is 17.1 Å². The number of fused-ring (bicyclic) bond motifs is 1. The minimum Gasteiger partial charge on any atom is -0.376 e. The number of nitrogens with one attached hydrogen (secondary N) is 1. The Morgan fingerprint density at radius 3 is 2.58 bits per heavy atom. The van der Waals surface area contributed by atoms with Gasteiger partial charge in [-0.15, -0.1) is 0 Å². The first-order valence-corrected chi connectivity index (χ1v) is 8.73. The van der Waals surface area contributed by atoms with Crippen LogP contribution in [0.15, 0.2) is 21.7 Å². The van der Waals surface area contributed by atoms with Crippen molar-refractivity contribution in [3.63, 3.8) is 0 Å². The summed E-state index contributed by atoms with van der Waals surface area (Å²) in [5.41, 5.74) is 2.25. The average Bonchev–Trinajstić information content (AvgIpc) is 3.18. The minimum atomic E-state index is -0.261. The number of nitrogens with zero attached hydrogens (tertiary/aromatic N) is 4. The topological polar surface area (TPSA) is 94.8 Å². The standard InChI is InChI=1S/C18H21N5O3/c1-10-7-11(2)20-18(19-10)23-17(25)16-12(3)22(9-13-5-4-6-26-13)15(24)8-14(16)21-23/h7-8,13,21H,4-6,9H2,1-3H3. The third-order valence-corrected chi connectivity index (χ3v) is 4.80. The van der Waals surface area contributed by atoms with E-state index >= 15 is 0 Å². The highest BCUT2D eigenvalue weighted by Crippen LogP contribution is 2.17. The third-order valence-electron chi connectivity index (χ3n) is 4.80. The number of aromatic amines is 1. The van der Waals surface area contributed by atoms with E-state index in [1.165, 1.54) is 10.7 Å². The summed E-state index contributed by atoms with van der Waals surface area (Å²) in [6, 6.07) is 3.30. The molecule has 1 fully saturated rings. The average molecular weight is 355 g/mol. The molecule has 0 spiro atoms. The first-order valence-electron chi connectivity index (χ1n) is 8.73. The van der Waals surface area contributed by atoms with Crippen LogP contribution in [0.25, 0.3) is 16.9 Å². The van der Waals surface area contributed by atoms with E-state index in [2.05, 4.69) is 15.1 Å². The number of hydrogen-bond donors (Lipinski definition) is 1. The Balaban J connectivity index is 1.88. The van der Waals surface area contributed by atoms with Crippen molar-refractivity contribution in [3.8, 4) is 5.95 Å². The van der Waals surface area contributed by atoms with Crippen LogP contribution >= 0.6 is 0 Å². The lowest BCUT2D eigenvalue weighted by Crippen LogP contribution is -2.28. The SMILES string of the molecule is Cc1cc(C)nc(-n2[nH]c3cc(=O)n(CC4CCCO4)c(C)c3c2=O)n1. The van der Waals surface area contributed by atoms with Gasteiger partial charge in [-0.2, -0.15) is 4.68 Å². The molecule has 4 heterocycles. The quantitative estimate of drug-likeness (QED) is 0.766. The number of H-pyrrole nitrogens is 1. The highest BCUT2D eigenvalue weighted by atomic mass is 16.5. The number of hydrogen-bond acceptors (Lipinski definition) is 5. The van der Waals surface area contributed by atoms with Crippen LogP contribution in [-0.4, -0.2) is 37.0 Å². The van der Waals surface area contributed by atoms with E-state index in [1.54, 1.807) is 11.5 Å². The van der Waals surface area contributed by atoms with Crippen LogP contribution in [0.4, 0.5) is 0 Å². The molecule has 26 heavy (non-hydrogen) atoms. The van der Waals surface area contributed by atoms with Gasteiger partial charge in [-0.1, -0.05) is 0 Å². The fourth-order valence-corrected chi connectivity index (χ4v) is 3.58. The van der Waals surface area contributed by atoms with Crippen molar-refractivity contribution in [2.24, 2.45) is 0 Å². The monoisotopic (exact) mass is 355 g/mol. The zero-order valence-electron chi connectivity index (χ0n) is 15.1. The van der Waals surface area contributed by atoms with Crippen molar-refractivity contribution in [2.75, 3.05) is 6.61 Å². The Morgan fingerprint density at radius 2 is 1.92 bits per heavy atom. The second-order valence-corrected chi connectivity index (χ2v) is 6.81. The second-order valence-electron chi connectivity index (χ2n) is 6.81. The Morgan fingerprint density at radius 1 is 1.19 bits per heavy atom. The van der Waals surface area contributed by atoms with Gasteiger partial charge in [-0.25, -0.2) is 9.97 Å². The highest BCUT2D eigenvalue weighted by molar-refractivity contribution is 5.80. The molecule has 1 atom stereocenters. The highest BCUT2D eigenvalue weighted by Gasteiger charge is 2.21. The summed E-state index contributed by atoms with van der Waals surface area (Å²) in [5.74, 6) is 0.279. The van der Waals surface area contributed by atoms with Gasteiger partial charge in [0.15, 0.2) is 0 Å². The molecule has 1 aliphatic rings. The lowest BCUT2D eigenvalue weighted by Gasteiger charge is -2.14. The van der Waals surface area contributed by atoms with E-state index in [0.717, 1.165) is 30.8 Å². The van der Waals surface area contributed by atoms with Crippen LogP contribution in [0.1, 0.15) is 29.9 Å². The first-order chi connectivity index (χ1) is 12.4. The number of aromatic nitrogens is 5. The predicted molar refractivity (Wildman–Crippen MR) is 96.9 cm³/mol. The smallest absolute Gasteiger partial charge is 0.283 e. The fourth-order valence-electron chi connectivity index (χ4n) is 3.58. The van der Waals surface area contributed by atoms with E-state index in [-0.39, 0.29) is 23.2 Å². The summed E-state index contributed by atoms with van der Waals surface area (Å²) in [4.78, 5) is 34.2. The number of pyridine rings is 1. The molecular formula is C18H21N5O3. The van der Waals surface area contributed by atoms with E-state index < -0.39 is 0 Å². The zero-order valence-corrected chi connectivity index (χ0v) is 15.1. The maximum atomic E-state index is 13.0. The molecule has 3 aromatic rings. The molecule has 0 saturated carbocycles. The Kier molecular flexibility index (Phi) is 3.99. The summed E-state index contributed by atoms with van der Waals surface area (Å²) in [6.45, 7) is 6.68. The van der Waals surface area contributed by atoms with Crippen molar-refractivity contribution in [2.45, 2.75) is 46.3 Å². The zero-order chi connectivity index (χ0) is 18.4. The number of ether oxygens (including phenoxy) is 1. The van der Waals surface area contributed by atoms with Gasteiger partial charge in [0.2, 0.25) is 0 Å². The van der Waals surface area contributed by atoms with Crippen molar-refractivity contribution in [1.82, 2.24) is 24.3 Å². The van der Waals surface area contributed by atoms with Crippen LogP contribution in [0, 0.1) is 20.8 Å². The Bertz CT molecular complexity index is 1080. The molecule has 0 radical (unpaired) electrons. The maximum Gasteiger partial charge on any atom is 0.283 e. The van der Waals surface area contributed by atoms with E-state index in [9.17, 15) is 9.59 Å². The van der Waals surface area contributed by atoms with E-state index in [4.69, 9.17) is 4.74 Å². The molecule has 8 nitrogen and oxygen atoms in total. The molecule has 0 bridgehead atoms. The van der Waals surface area contributed by atoms with Crippen molar-refractivity contribution >= 4 is 10.9 Å². The molecule has 4 rings (SSSR count). The van der Waals surface area contributed by atoms with Gasteiger partial charge in [-0.3, -0.25) is 14.7 Å². The molecule has 0 aliphatic carbocycles. The van der Waals surface area contributed by atoms with Gasteiger partial charge in [0.05, 0.1) is 23.6 Å². The molecule has 3 aromatic heterocycles. The lowest BCUT2D eigenvalue weighted by molar-refractivity contribution is 0.0958.